The molecule has 0 spiro atoms. The Kier molecular flexibility index (Phi) is 2.62. The molecule has 1 rings (SSSR count). The van der Waals surface area contributed by atoms with Crippen LogP contribution in [0.5, 0.6) is 0 Å². The van der Waals surface area contributed by atoms with Crippen LogP contribution in [-0.2, 0) is 9.84 Å². The molecule has 11 heavy (non-hydrogen) atoms. The summed E-state index contributed by atoms with van der Waals surface area (Å²) in [5.41, 5.74) is 0. The summed E-state index contributed by atoms with van der Waals surface area (Å²) in [5, 5.41) is 4.46. The van der Waals surface area contributed by atoms with Crippen molar-refractivity contribution in [1.82, 2.24) is 5.32 Å². The number of hydrogen-bond donors (Lipinski definition) is 1. The molecule has 3 nitrogen and oxygen atoms in total. The van der Waals surface area contributed by atoms with Gasteiger partial charge in [0.25, 0.3) is 0 Å². The Balaban J connectivity index is 2.65. The van der Waals surface area contributed by atoms with E-state index < -0.39 is 14.5 Å². The van der Waals surface area contributed by atoms with Gasteiger partial charge in [-0.3, -0.25) is 0 Å². The summed E-state index contributed by atoms with van der Waals surface area (Å²) in [4.78, 5) is 0. The van der Waals surface area contributed by atoms with Gasteiger partial charge in [0.15, 0.2) is 14.5 Å². The van der Waals surface area contributed by atoms with Crippen LogP contribution in [0.2, 0.25) is 0 Å². The van der Waals surface area contributed by atoms with Gasteiger partial charge in [-0.2, -0.15) is 0 Å². The number of sulfone groups is 1. The summed E-state index contributed by atoms with van der Waals surface area (Å²) in [6, 6.07) is 0. The van der Waals surface area contributed by atoms with E-state index in [9.17, 15) is 8.42 Å². The number of hydrogen-bond acceptors (Lipinski definition) is 4. The molecular weight excluding hydrogens is 182 g/mol. The van der Waals surface area contributed by atoms with Crippen LogP contribution < -0.4 is 5.32 Å². The zero-order valence-corrected chi connectivity index (χ0v) is 7.49. The standard InChI is InChI=1S/C6H9NO2S2/c1-2-5-11(8,9)6-7-3-4-10-6/h2-4,6-7H,1,5H2. The molecule has 0 saturated carbocycles. The summed E-state index contributed by atoms with van der Waals surface area (Å²) in [6.07, 6.45) is 3.03. The predicted molar refractivity (Wildman–Crippen MR) is 47.6 cm³/mol. The third-order valence-electron chi connectivity index (χ3n) is 1.18. The second-order valence-electron chi connectivity index (χ2n) is 2.06. The molecule has 0 amide bonds. The lowest BCUT2D eigenvalue weighted by molar-refractivity contribution is 0.593. The Bertz CT molecular complexity index is 260. The van der Waals surface area contributed by atoms with E-state index in [-0.39, 0.29) is 5.75 Å². The van der Waals surface area contributed by atoms with Crippen molar-refractivity contribution in [2.45, 2.75) is 4.71 Å². The highest BCUT2D eigenvalue weighted by molar-refractivity contribution is 8.15. The van der Waals surface area contributed by atoms with Crippen molar-refractivity contribution in [2.75, 3.05) is 5.75 Å². The molecule has 0 aromatic rings. The number of thioether (sulfide) groups is 1. The highest BCUT2D eigenvalue weighted by Crippen LogP contribution is 2.21. The van der Waals surface area contributed by atoms with Gasteiger partial charge in [0.2, 0.25) is 0 Å². The molecule has 1 N–H and O–H groups in total. The third-order valence-corrected chi connectivity index (χ3v) is 4.56. The molecule has 0 aromatic heterocycles. The van der Waals surface area contributed by atoms with E-state index in [1.807, 2.05) is 0 Å². The monoisotopic (exact) mass is 191 g/mol. The first-order chi connectivity index (χ1) is 5.17. The largest absolute Gasteiger partial charge is 0.366 e. The average Bonchev–Trinajstić information content (AvgIpc) is 2.37. The van der Waals surface area contributed by atoms with E-state index in [0.717, 1.165) is 0 Å². The molecular formula is C6H9NO2S2. The van der Waals surface area contributed by atoms with Crippen LogP contribution in [0.1, 0.15) is 0 Å². The minimum absolute atomic E-state index is 0.0271. The van der Waals surface area contributed by atoms with Crippen LogP contribution >= 0.6 is 11.8 Å². The lowest BCUT2D eigenvalue weighted by Crippen LogP contribution is -2.28. The molecule has 1 heterocycles. The van der Waals surface area contributed by atoms with Gasteiger partial charge < -0.3 is 5.32 Å². The summed E-state index contributed by atoms with van der Waals surface area (Å²) >= 11 is 1.26. The van der Waals surface area contributed by atoms with Crippen LogP contribution in [-0.4, -0.2) is 18.9 Å². The second kappa shape index (κ2) is 3.32. The van der Waals surface area contributed by atoms with E-state index in [0.29, 0.717) is 0 Å². The Morgan fingerprint density at radius 2 is 2.45 bits per heavy atom. The maximum Gasteiger partial charge on any atom is 0.184 e. The molecule has 1 unspecified atom stereocenters. The van der Waals surface area contributed by atoms with Crippen LogP contribution in [0.3, 0.4) is 0 Å². The molecule has 5 heteroatoms. The Labute approximate surface area is 70.5 Å². The Hall–Kier alpha value is -0.420. The highest BCUT2D eigenvalue weighted by Gasteiger charge is 2.24. The molecule has 1 atom stereocenters. The zero-order valence-electron chi connectivity index (χ0n) is 5.86. The topological polar surface area (TPSA) is 46.2 Å². The molecule has 1 aliphatic rings. The second-order valence-corrected chi connectivity index (χ2v) is 5.50. The van der Waals surface area contributed by atoms with Gasteiger partial charge in [-0.15, -0.1) is 6.58 Å². The van der Waals surface area contributed by atoms with Crippen molar-refractivity contribution in [3.8, 4) is 0 Å². The Morgan fingerprint density at radius 3 is 2.91 bits per heavy atom. The molecule has 0 bridgehead atoms. The first kappa shape index (κ1) is 8.67. The van der Waals surface area contributed by atoms with Gasteiger partial charge in [0, 0.05) is 6.20 Å². The molecule has 0 aliphatic carbocycles. The third kappa shape index (κ3) is 2.00. The molecule has 0 aromatic carbocycles. The highest BCUT2D eigenvalue weighted by atomic mass is 32.3. The quantitative estimate of drug-likeness (QED) is 0.666. The number of nitrogens with one attached hydrogen (secondary N) is 1. The van der Waals surface area contributed by atoms with E-state index in [1.165, 1.54) is 17.8 Å². The van der Waals surface area contributed by atoms with Gasteiger partial charge in [0.1, 0.15) is 0 Å². The van der Waals surface area contributed by atoms with Gasteiger partial charge >= 0.3 is 0 Å². The fraction of sp³-hybridized carbons (Fsp3) is 0.333. The molecule has 0 radical (unpaired) electrons. The van der Waals surface area contributed by atoms with E-state index in [1.54, 1.807) is 11.6 Å². The fourth-order valence-electron chi connectivity index (χ4n) is 0.708. The average molecular weight is 191 g/mol. The van der Waals surface area contributed by atoms with Crippen LogP contribution in [0.4, 0.5) is 0 Å². The summed E-state index contributed by atoms with van der Waals surface area (Å²) in [5.74, 6) is 0.0271. The van der Waals surface area contributed by atoms with Gasteiger partial charge in [-0.05, 0) is 5.41 Å². The van der Waals surface area contributed by atoms with Crippen molar-refractivity contribution in [3.05, 3.63) is 24.3 Å². The van der Waals surface area contributed by atoms with Gasteiger partial charge in [-0.25, -0.2) is 8.42 Å². The van der Waals surface area contributed by atoms with Crippen molar-refractivity contribution >= 4 is 21.6 Å². The van der Waals surface area contributed by atoms with Crippen molar-refractivity contribution in [3.63, 3.8) is 0 Å². The lowest BCUT2D eigenvalue weighted by atomic mass is 10.8. The molecule has 62 valence electrons. The van der Waals surface area contributed by atoms with E-state index in [4.69, 9.17) is 0 Å². The molecule has 1 aliphatic heterocycles. The van der Waals surface area contributed by atoms with Crippen molar-refractivity contribution < 1.29 is 8.42 Å². The van der Waals surface area contributed by atoms with Gasteiger partial charge in [0.05, 0.1) is 5.75 Å². The minimum atomic E-state index is -3.04. The maximum absolute atomic E-state index is 11.2. The fourth-order valence-corrected chi connectivity index (χ4v) is 3.06. The summed E-state index contributed by atoms with van der Waals surface area (Å²) < 4.78 is 22.0. The Morgan fingerprint density at radius 1 is 1.73 bits per heavy atom. The SMILES string of the molecule is C=CCS(=O)(=O)C1NC=CS1. The smallest absolute Gasteiger partial charge is 0.184 e. The first-order valence-electron chi connectivity index (χ1n) is 3.06. The van der Waals surface area contributed by atoms with E-state index in [2.05, 4.69) is 11.9 Å². The lowest BCUT2D eigenvalue weighted by Gasteiger charge is -2.08. The van der Waals surface area contributed by atoms with Gasteiger partial charge in [-0.1, -0.05) is 17.8 Å². The number of rotatable bonds is 3. The van der Waals surface area contributed by atoms with Crippen molar-refractivity contribution in [1.29, 1.82) is 0 Å². The maximum atomic E-state index is 11.2. The summed E-state index contributed by atoms with van der Waals surface area (Å²) in [7, 11) is -3.04. The van der Waals surface area contributed by atoms with E-state index >= 15 is 0 Å². The summed E-state index contributed by atoms with van der Waals surface area (Å²) in [6.45, 7) is 3.38. The van der Waals surface area contributed by atoms with Crippen LogP contribution in [0.25, 0.3) is 0 Å². The zero-order chi connectivity index (χ0) is 8.32. The molecule has 0 fully saturated rings. The first-order valence-corrected chi connectivity index (χ1v) is 5.71. The van der Waals surface area contributed by atoms with Crippen LogP contribution in [0, 0.1) is 0 Å². The predicted octanol–water partition coefficient (Wildman–Crippen LogP) is 0.678. The van der Waals surface area contributed by atoms with Crippen molar-refractivity contribution in [2.24, 2.45) is 0 Å². The van der Waals surface area contributed by atoms with Crippen LogP contribution in [0.15, 0.2) is 24.3 Å². The molecule has 0 saturated heterocycles. The minimum Gasteiger partial charge on any atom is -0.366 e. The normalized spacial score (nSPS) is 23.1.